The molecular weight excluding hydrogens is 217 g/mol. The van der Waals surface area contributed by atoms with Crippen LogP contribution in [0.3, 0.4) is 0 Å². The van der Waals surface area contributed by atoms with E-state index in [0.29, 0.717) is 13.0 Å². The molecule has 1 aliphatic heterocycles. The van der Waals surface area contributed by atoms with Crippen LogP contribution in [0.4, 0.5) is 0 Å². The van der Waals surface area contributed by atoms with Crippen LogP contribution in [-0.4, -0.2) is 40.5 Å². The van der Waals surface area contributed by atoms with Gasteiger partial charge in [0.2, 0.25) is 0 Å². The number of rotatable bonds is 3. The molecule has 1 aliphatic rings. The summed E-state index contributed by atoms with van der Waals surface area (Å²) in [6.07, 6.45) is 0.560. The topological polar surface area (TPSA) is 60.8 Å². The maximum Gasteiger partial charge on any atom is 0.377 e. The second-order valence-corrected chi connectivity index (χ2v) is 4.53. The van der Waals surface area contributed by atoms with Crippen molar-refractivity contribution < 1.29 is 14.9 Å². The number of aliphatic carboxylic acids is 1. The molecule has 0 amide bonds. The molecule has 4 nitrogen and oxygen atoms in total. The Balaban J connectivity index is 2.17. The van der Waals surface area contributed by atoms with E-state index in [1.165, 1.54) is 0 Å². The molecule has 0 saturated carbocycles. The van der Waals surface area contributed by atoms with Gasteiger partial charge < -0.3 is 14.9 Å². The van der Waals surface area contributed by atoms with Gasteiger partial charge in [0, 0.05) is 0 Å². The monoisotopic (exact) mass is 233 g/mol. The molecule has 1 fully saturated rings. The number of hydrogen-bond donors (Lipinski definition) is 2. The van der Waals surface area contributed by atoms with Crippen molar-refractivity contribution in [3.8, 4) is 0 Å². The lowest BCUT2D eigenvalue weighted by Gasteiger charge is -2.21. The van der Waals surface area contributed by atoms with Crippen LogP contribution in [0.15, 0.2) is 30.3 Å². The number of carbonyl (C=O) groups is 1. The van der Waals surface area contributed by atoms with Crippen LogP contribution in [0.2, 0.25) is 6.82 Å². The molecule has 0 bridgehead atoms. The van der Waals surface area contributed by atoms with Crippen molar-refractivity contribution in [3.05, 3.63) is 35.9 Å². The molecule has 1 aromatic carbocycles. The van der Waals surface area contributed by atoms with Crippen molar-refractivity contribution in [2.45, 2.75) is 25.2 Å². The summed E-state index contributed by atoms with van der Waals surface area (Å²) >= 11 is 0. The highest BCUT2D eigenvalue weighted by molar-refractivity contribution is 6.45. The highest BCUT2D eigenvalue weighted by Gasteiger charge is 2.40. The number of benzene rings is 1. The van der Waals surface area contributed by atoms with Crippen molar-refractivity contribution in [1.29, 1.82) is 0 Å². The Kier molecular flexibility index (Phi) is 3.50. The normalized spacial score (nSPS) is 24.8. The van der Waals surface area contributed by atoms with E-state index >= 15 is 0 Å². The minimum Gasteiger partial charge on any atom is -0.480 e. The molecule has 1 aromatic rings. The van der Waals surface area contributed by atoms with E-state index in [2.05, 4.69) is 0 Å². The molecule has 5 heteroatoms. The van der Waals surface area contributed by atoms with Crippen molar-refractivity contribution >= 4 is 13.0 Å². The molecule has 2 N–H and O–H groups in total. The Labute approximate surface area is 101 Å². The number of hydrogen-bond acceptors (Lipinski definition) is 3. The number of carboxylic acid groups (broad SMARTS) is 1. The minimum absolute atomic E-state index is 0.187. The molecule has 90 valence electrons. The summed E-state index contributed by atoms with van der Waals surface area (Å²) < 4.78 is 0. The molecule has 1 heterocycles. The van der Waals surface area contributed by atoms with E-state index in [0.717, 1.165) is 5.56 Å². The summed E-state index contributed by atoms with van der Waals surface area (Å²) in [6.45, 7) is 2.21. The first-order valence-electron chi connectivity index (χ1n) is 5.81. The third-order valence-corrected chi connectivity index (χ3v) is 3.38. The Morgan fingerprint density at radius 2 is 2.06 bits per heavy atom. The summed E-state index contributed by atoms with van der Waals surface area (Å²) in [4.78, 5) is 12.8. The van der Waals surface area contributed by atoms with Crippen LogP contribution in [-0.2, 0) is 4.79 Å². The molecule has 0 radical (unpaired) electrons. The average molecular weight is 233 g/mol. The third-order valence-electron chi connectivity index (χ3n) is 3.38. The molecule has 0 spiro atoms. The zero-order valence-electron chi connectivity index (χ0n) is 9.78. The maximum absolute atomic E-state index is 11.1. The van der Waals surface area contributed by atoms with Crippen LogP contribution in [0.25, 0.3) is 0 Å². The van der Waals surface area contributed by atoms with Crippen molar-refractivity contribution in [2.24, 2.45) is 0 Å². The van der Waals surface area contributed by atoms with Crippen LogP contribution in [0.5, 0.6) is 0 Å². The fourth-order valence-electron chi connectivity index (χ4n) is 2.48. The summed E-state index contributed by atoms with van der Waals surface area (Å²) in [5, 5.41) is 18.7. The molecule has 0 aromatic heterocycles. The lowest BCUT2D eigenvalue weighted by Crippen LogP contribution is -2.44. The summed E-state index contributed by atoms with van der Waals surface area (Å²) in [6, 6.07) is 9.29. The largest absolute Gasteiger partial charge is 0.480 e. The van der Waals surface area contributed by atoms with Crippen LogP contribution < -0.4 is 0 Å². The van der Waals surface area contributed by atoms with Gasteiger partial charge in [-0.1, -0.05) is 30.3 Å². The van der Waals surface area contributed by atoms with E-state index in [-0.39, 0.29) is 5.92 Å². The zero-order valence-corrected chi connectivity index (χ0v) is 9.78. The van der Waals surface area contributed by atoms with E-state index in [1.807, 2.05) is 30.3 Å². The van der Waals surface area contributed by atoms with Crippen molar-refractivity contribution in [3.63, 3.8) is 0 Å². The van der Waals surface area contributed by atoms with Gasteiger partial charge in [-0.25, -0.2) is 0 Å². The van der Waals surface area contributed by atoms with Crippen LogP contribution in [0.1, 0.15) is 17.9 Å². The Hall–Kier alpha value is -1.33. The SMILES string of the molecule is CB(O)N1C[C@H](c2ccccc2)C[C@H]1C(=O)O. The standard InChI is InChI=1S/C12H16BNO3/c1-13(17)14-8-10(7-11(14)12(15)16)9-5-3-2-4-6-9/h2-6,10-11,17H,7-8H2,1H3,(H,15,16)/t10-,11+/m1/s1. The lowest BCUT2D eigenvalue weighted by atomic mass is 9.84. The molecular formula is C12H16BNO3. The van der Waals surface area contributed by atoms with Crippen molar-refractivity contribution in [1.82, 2.24) is 4.81 Å². The van der Waals surface area contributed by atoms with E-state index < -0.39 is 19.1 Å². The highest BCUT2D eigenvalue weighted by atomic mass is 16.4. The van der Waals surface area contributed by atoms with E-state index in [1.54, 1.807) is 11.6 Å². The predicted octanol–water partition coefficient (Wildman–Crippen LogP) is 1.04. The zero-order chi connectivity index (χ0) is 12.4. The number of nitrogens with zero attached hydrogens (tertiary/aromatic N) is 1. The molecule has 0 aliphatic carbocycles. The van der Waals surface area contributed by atoms with Gasteiger partial charge in [-0.3, -0.25) is 4.79 Å². The quantitative estimate of drug-likeness (QED) is 0.765. The molecule has 2 atom stereocenters. The first kappa shape index (κ1) is 12.1. The second-order valence-electron chi connectivity index (χ2n) is 4.53. The lowest BCUT2D eigenvalue weighted by molar-refractivity contribution is -0.140. The van der Waals surface area contributed by atoms with Gasteiger partial charge in [0.05, 0.1) is 0 Å². The van der Waals surface area contributed by atoms with Gasteiger partial charge in [-0.15, -0.1) is 0 Å². The van der Waals surface area contributed by atoms with E-state index in [4.69, 9.17) is 5.11 Å². The first-order valence-corrected chi connectivity index (χ1v) is 5.81. The van der Waals surface area contributed by atoms with E-state index in [9.17, 15) is 9.82 Å². The highest BCUT2D eigenvalue weighted by Crippen LogP contribution is 2.32. The summed E-state index contributed by atoms with van der Waals surface area (Å²) in [5.74, 6) is -0.670. The van der Waals surface area contributed by atoms with Gasteiger partial charge in [0.1, 0.15) is 6.04 Å². The summed E-state index contributed by atoms with van der Waals surface area (Å²) in [7, 11) is -0.718. The minimum atomic E-state index is -0.857. The second kappa shape index (κ2) is 4.90. The molecule has 2 rings (SSSR count). The van der Waals surface area contributed by atoms with Crippen LogP contribution >= 0.6 is 0 Å². The van der Waals surface area contributed by atoms with Gasteiger partial charge in [0.15, 0.2) is 0 Å². The summed E-state index contributed by atoms with van der Waals surface area (Å²) in [5.41, 5.74) is 1.14. The Bertz CT molecular complexity index is 396. The van der Waals surface area contributed by atoms with Gasteiger partial charge in [0.25, 0.3) is 0 Å². The van der Waals surface area contributed by atoms with Crippen molar-refractivity contribution in [2.75, 3.05) is 6.54 Å². The average Bonchev–Trinajstić information content (AvgIpc) is 2.75. The van der Waals surface area contributed by atoms with Gasteiger partial charge in [-0.05, 0) is 31.3 Å². The molecule has 1 saturated heterocycles. The predicted molar refractivity (Wildman–Crippen MR) is 65.8 cm³/mol. The molecule has 17 heavy (non-hydrogen) atoms. The fourth-order valence-corrected chi connectivity index (χ4v) is 2.48. The Morgan fingerprint density at radius 3 is 2.53 bits per heavy atom. The van der Waals surface area contributed by atoms with Gasteiger partial charge >= 0.3 is 13.0 Å². The third kappa shape index (κ3) is 2.51. The number of carboxylic acids is 1. The molecule has 0 unspecified atom stereocenters. The smallest absolute Gasteiger partial charge is 0.377 e. The fraction of sp³-hybridized carbons (Fsp3) is 0.417. The maximum atomic E-state index is 11.1. The van der Waals surface area contributed by atoms with Crippen LogP contribution in [0, 0.1) is 0 Å². The first-order chi connectivity index (χ1) is 8.09. The van der Waals surface area contributed by atoms with Gasteiger partial charge in [-0.2, -0.15) is 0 Å². The Morgan fingerprint density at radius 1 is 1.41 bits per heavy atom.